The average molecular weight is 497 g/mol. The summed E-state index contributed by atoms with van der Waals surface area (Å²) in [5.41, 5.74) is -1.31. The second-order valence-corrected chi connectivity index (χ2v) is 9.60. The van der Waals surface area contributed by atoms with Crippen LogP contribution in [0, 0.1) is 11.6 Å². The van der Waals surface area contributed by atoms with Crippen LogP contribution >= 0.6 is 11.8 Å². The number of alkyl halides is 3. The lowest BCUT2D eigenvalue weighted by molar-refractivity contribution is -0.139. The first-order valence-electron chi connectivity index (χ1n) is 10.2. The maximum atomic E-state index is 14.8. The Labute approximate surface area is 196 Å². The van der Waals surface area contributed by atoms with Crippen LogP contribution in [0.3, 0.4) is 0 Å². The molecule has 1 fully saturated rings. The highest BCUT2D eigenvalue weighted by Gasteiger charge is 2.36. The zero-order valence-corrected chi connectivity index (χ0v) is 19.0. The number of anilines is 2. The Morgan fingerprint density at radius 1 is 1.26 bits per heavy atom. The molecule has 1 aromatic carbocycles. The largest absolute Gasteiger partial charge is 0.419 e. The summed E-state index contributed by atoms with van der Waals surface area (Å²) in [6.45, 7) is 2.09. The number of urea groups is 1. The Bertz CT molecular complexity index is 1220. The molecule has 1 aliphatic rings. The van der Waals surface area contributed by atoms with E-state index in [-0.39, 0.29) is 16.3 Å². The maximum absolute atomic E-state index is 14.8. The number of nitrogens with one attached hydrogen (secondary N) is 1. The molecule has 12 heteroatoms. The van der Waals surface area contributed by atoms with Crippen LogP contribution in [0.15, 0.2) is 43.0 Å². The average Bonchev–Trinajstić information content (AvgIpc) is 3.43. The number of aromatic nitrogens is 3. The minimum atomic E-state index is -4.92. The molecule has 0 radical (unpaired) electrons. The van der Waals surface area contributed by atoms with Gasteiger partial charge in [0.1, 0.15) is 6.33 Å². The van der Waals surface area contributed by atoms with Gasteiger partial charge in [-0.1, -0.05) is 6.07 Å². The van der Waals surface area contributed by atoms with Crippen molar-refractivity contribution in [3.8, 4) is 5.82 Å². The molecule has 3 heterocycles. The van der Waals surface area contributed by atoms with Crippen LogP contribution in [0.4, 0.5) is 38.1 Å². The molecule has 2 aromatic heterocycles. The Balaban J connectivity index is 1.51. The summed E-state index contributed by atoms with van der Waals surface area (Å²) >= 11 is 1.79. The van der Waals surface area contributed by atoms with E-state index in [1.54, 1.807) is 18.0 Å². The van der Waals surface area contributed by atoms with Gasteiger partial charge in [0.15, 0.2) is 17.5 Å². The van der Waals surface area contributed by atoms with Crippen molar-refractivity contribution in [3.05, 3.63) is 65.9 Å². The number of hydrogen-bond acceptors (Lipinski definition) is 4. The molecule has 3 aromatic rings. The van der Waals surface area contributed by atoms with E-state index >= 15 is 0 Å². The van der Waals surface area contributed by atoms with E-state index in [1.807, 2.05) is 0 Å². The van der Waals surface area contributed by atoms with Gasteiger partial charge in [-0.2, -0.15) is 13.2 Å². The van der Waals surface area contributed by atoms with E-state index < -0.39 is 35.1 Å². The molecule has 6 nitrogen and oxygen atoms in total. The second kappa shape index (κ2) is 8.90. The molecule has 0 saturated carbocycles. The summed E-state index contributed by atoms with van der Waals surface area (Å²) in [4.78, 5) is 21.6. The van der Waals surface area contributed by atoms with Crippen LogP contribution in [-0.4, -0.2) is 33.4 Å². The Morgan fingerprint density at radius 3 is 2.68 bits per heavy atom. The van der Waals surface area contributed by atoms with Gasteiger partial charge in [-0.05, 0) is 37.7 Å². The molecule has 1 unspecified atom stereocenters. The third kappa shape index (κ3) is 4.59. The van der Waals surface area contributed by atoms with Crippen molar-refractivity contribution in [2.75, 3.05) is 23.0 Å². The fraction of sp³-hybridized carbons (Fsp3) is 0.318. The van der Waals surface area contributed by atoms with E-state index in [2.05, 4.69) is 22.2 Å². The zero-order chi connectivity index (χ0) is 24.7. The van der Waals surface area contributed by atoms with E-state index in [0.29, 0.717) is 11.0 Å². The van der Waals surface area contributed by atoms with Gasteiger partial charge in [0.05, 0.1) is 33.6 Å². The van der Waals surface area contributed by atoms with Crippen LogP contribution in [0.2, 0.25) is 0 Å². The number of halogens is 5. The van der Waals surface area contributed by atoms with Gasteiger partial charge in [-0.15, -0.1) is 11.8 Å². The van der Waals surface area contributed by atoms with E-state index in [4.69, 9.17) is 0 Å². The minimum absolute atomic E-state index is 0.0272. The first-order valence-corrected chi connectivity index (χ1v) is 11.2. The number of benzene rings is 1. The number of amides is 2. The smallest absolute Gasteiger partial charge is 0.306 e. The second-order valence-electron chi connectivity index (χ2n) is 8.00. The molecule has 34 heavy (non-hydrogen) atoms. The topological polar surface area (TPSA) is 63.1 Å². The van der Waals surface area contributed by atoms with E-state index in [9.17, 15) is 26.7 Å². The van der Waals surface area contributed by atoms with E-state index in [0.717, 1.165) is 49.5 Å². The van der Waals surface area contributed by atoms with E-state index in [1.165, 1.54) is 17.1 Å². The molecule has 0 spiro atoms. The first kappa shape index (κ1) is 24.0. The predicted octanol–water partition coefficient (Wildman–Crippen LogP) is 5.97. The lowest BCUT2D eigenvalue weighted by Crippen LogP contribution is -2.32. The third-order valence-electron chi connectivity index (χ3n) is 5.61. The van der Waals surface area contributed by atoms with Crippen molar-refractivity contribution in [2.24, 2.45) is 0 Å². The number of carbonyl (C=O) groups excluding carboxylic acids is 1. The van der Waals surface area contributed by atoms with Crippen LogP contribution in [0.25, 0.3) is 5.82 Å². The normalized spacial score (nSPS) is 18.2. The molecule has 4 rings (SSSR count). The highest BCUT2D eigenvalue weighted by atomic mass is 32.2. The number of thioether (sulfide) groups is 1. The van der Waals surface area contributed by atoms with Gasteiger partial charge in [0, 0.05) is 19.3 Å². The van der Waals surface area contributed by atoms with Gasteiger partial charge in [0.2, 0.25) is 0 Å². The number of carbonyl (C=O) groups is 1. The molecule has 1 atom stereocenters. The molecule has 0 aliphatic carbocycles. The van der Waals surface area contributed by atoms with Crippen LogP contribution in [0.5, 0.6) is 0 Å². The number of rotatable bonds is 4. The van der Waals surface area contributed by atoms with Crippen LogP contribution in [0.1, 0.15) is 31.0 Å². The lowest BCUT2D eigenvalue weighted by atomic mass is 10.0. The zero-order valence-electron chi connectivity index (χ0n) is 18.2. The Kier molecular flexibility index (Phi) is 6.28. The van der Waals surface area contributed by atoms with Crippen LogP contribution in [-0.2, 0) is 10.9 Å². The number of imidazole rings is 1. The lowest BCUT2D eigenvalue weighted by Gasteiger charge is -2.20. The summed E-state index contributed by atoms with van der Waals surface area (Å²) in [6.07, 6.45) is 1.50. The van der Waals surface area contributed by atoms with Gasteiger partial charge in [0.25, 0.3) is 0 Å². The van der Waals surface area contributed by atoms with Gasteiger partial charge in [-0.3, -0.25) is 9.47 Å². The standard InChI is InChI=1S/C22H20F5N5OS/c1-21(7-4-8-34-21)17-11-32(12-29-17)19-15(23)9-13(10-28-19)30-20(33)31(2)16-6-3-5-14(18(16)24)22(25,26)27/h3,5-6,9-12H,4,7-8H2,1-2H3,(H,30,33). The van der Waals surface area contributed by atoms with Crippen LogP contribution < -0.4 is 10.2 Å². The van der Waals surface area contributed by atoms with Gasteiger partial charge in [-0.25, -0.2) is 23.5 Å². The minimum Gasteiger partial charge on any atom is -0.306 e. The molecule has 1 saturated heterocycles. The SMILES string of the molecule is CN(C(=O)Nc1cnc(-n2cnc(C3(C)CCCS3)c2)c(F)c1)c1cccc(C(F)(F)F)c1F. The monoisotopic (exact) mass is 497 g/mol. The molecule has 2 amide bonds. The van der Waals surface area contributed by atoms with Crippen molar-refractivity contribution in [1.29, 1.82) is 0 Å². The molecular weight excluding hydrogens is 477 g/mol. The molecule has 0 bridgehead atoms. The van der Waals surface area contributed by atoms with Crippen molar-refractivity contribution in [2.45, 2.75) is 30.7 Å². The summed E-state index contributed by atoms with van der Waals surface area (Å²) in [7, 11) is 1.10. The number of pyridine rings is 1. The van der Waals surface area contributed by atoms with Crippen molar-refractivity contribution in [3.63, 3.8) is 0 Å². The highest BCUT2D eigenvalue weighted by molar-refractivity contribution is 8.00. The van der Waals surface area contributed by atoms with Gasteiger partial charge >= 0.3 is 12.2 Å². The summed E-state index contributed by atoms with van der Waals surface area (Å²) in [6, 6.07) is 2.65. The fourth-order valence-corrected chi connectivity index (χ4v) is 4.98. The predicted molar refractivity (Wildman–Crippen MR) is 119 cm³/mol. The van der Waals surface area contributed by atoms with Crippen molar-refractivity contribution < 1.29 is 26.7 Å². The summed E-state index contributed by atoms with van der Waals surface area (Å²) < 4.78 is 69.3. The van der Waals surface area contributed by atoms with Crippen molar-refractivity contribution in [1.82, 2.24) is 14.5 Å². The number of nitrogens with zero attached hydrogens (tertiary/aromatic N) is 4. The highest BCUT2D eigenvalue weighted by Crippen LogP contribution is 2.45. The molecule has 180 valence electrons. The third-order valence-corrected chi connectivity index (χ3v) is 7.15. The van der Waals surface area contributed by atoms with Gasteiger partial charge < -0.3 is 5.32 Å². The molecule has 1 N–H and O–H groups in total. The first-order chi connectivity index (χ1) is 16.0. The number of hydrogen-bond donors (Lipinski definition) is 1. The summed E-state index contributed by atoms with van der Waals surface area (Å²) in [5, 5.41) is 2.31. The van der Waals surface area contributed by atoms with Crippen molar-refractivity contribution >= 4 is 29.2 Å². The molecular formula is C22H20F5N5OS. The summed E-state index contributed by atoms with van der Waals surface area (Å²) in [5.74, 6) is -1.33. The Hall–Kier alpha value is -3.15. The molecule has 1 aliphatic heterocycles. The fourth-order valence-electron chi connectivity index (χ4n) is 3.70. The maximum Gasteiger partial charge on any atom is 0.419 e. The quantitative estimate of drug-likeness (QED) is 0.451. The Morgan fingerprint density at radius 2 is 2.03 bits per heavy atom.